The second kappa shape index (κ2) is 11.4. The molecule has 0 radical (unpaired) electrons. The third-order valence-electron chi connectivity index (χ3n) is 9.57. The van der Waals surface area contributed by atoms with Crippen molar-refractivity contribution in [2.75, 3.05) is 0 Å². The lowest BCUT2D eigenvalue weighted by Crippen LogP contribution is -2.06. The summed E-state index contributed by atoms with van der Waals surface area (Å²) in [5.41, 5.74) is 9.65. The maximum atomic E-state index is 5.26. The number of aromatic nitrogens is 5. The van der Waals surface area contributed by atoms with Gasteiger partial charge in [0.25, 0.3) is 0 Å². The van der Waals surface area contributed by atoms with Crippen LogP contribution in [0.15, 0.2) is 176 Å². The molecule has 0 spiro atoms. The van der Waals surface area contributed by atoms with E-state index in [9.17, 15) is 0 Å². The van der Waals surface area contributed by atoms with Crippen LogP contribution in [0.3, 0.4) is 0 Å². The number of nitrogens with zero attached hydrogens (tertiary/aromatic N) is 5. The SMILES string of the molecule is c1ccc(-c2ccc3c4ccc5c(c6ccccc6n5-c5ccccc5)c4n(-c4nc(-c5ccccc5)nc(-c5ccccc5)n4)c3c2)cc1. The number of benzene rings is 7. The van der Waals surface area contributed by atoms with Gasteiger partial charge < -0.3 is 4.57 Å². The summed E-state index contributed by atoms with van der Waals surface area (Å²) >= 11 is 0. The minimum atomic E-state index is 0.576. The van der Waals surface area contributed by atoms with Gasteiger partial charge in [0.05, 0.1) is 22.1 Å². The van der Waals surface area contributed by atoms with Gasteiger partial charge in [-0.3, -0.25) is 4.57 Å². The highest BCUT2D eigenvalue weighted by Crippen LogP contribution is 2.42. The van der Waals surface area contributed by atoms with Crippen molar-refractivity contribution in [3.8, 4) is 45.5 Å². The monoisotopic (exact) mass is 639 g/mol. The van der Waals surface area contributed by atoms with E-state index < -0.39 is 0 Å². The highest BCUT2D eigenvalue weighted by molar-refractivity contribution is 6.26. The zero-order valence-corrected chi connectivity index (χ0v) is 27.0. The maximum Gasteiger partial charge on any atom is 0.238 e. The zero-order valence-electron chi connectivity index (χ0n) is 27.0. The van der Waals surface area contributed by atoms with Crippen LogP contribution < -0.4 is 0 Å². The van der Waals surface area contributed by atoms with Crippen LogP contribution in [-0.4, -0.2) is 24.1 Å². The first-order valence-corrected chi connectivity index (χ1v) is 16.8. The average molecular weight is 640 g/mol. The Balaban J connectivity index is 1.39. The van der Waals surface area contributed by atoms with Gasteiger partial charge in [-0.25, -0.2) is 4.98 Å². The van der Waals surface area contributed by atoms with Gasteiger partial charge in [-0.2, -0.15) is 9.97 Å². The standard InChI is InChI=1S/C45H29N5/c1-5-15-30(16-6-1)33-25-26-35-36-27-28-39-41(37-23-13-14-24-38(37)49(39)34-21-11-4-12-22-34)42(36)50(40(35)29-33)45-47-43(31-17-7-2-8-18-31)46-44(48-45)32-19-9-3-10-20-32/h1-29H. The fourth-order valence-electron chi connectivity index (χ4n) is 7.33. The lowest BCUT2D eigenvalue weighted by atomic mass is 10.0. The Bertz CT molecular complexity index is 2780. The van der Waals surface area contributed by atoms with E-state index in [1.54, 1.807) is 0 Å². The molecule has 0 N–H and O–H groups in total. The Labute approximate surface area is 288 Å². The number of rotatable bonds is 5. The molecule has 0 saturated heterocycles. The maximum absolute atomic E-state index is 5.26. The molecule has 0 saturated carbocycles. The lowest BCUT2D eigenvalue weighted by Gasteiger charge is -2.12. The molecule has 0 atom stereocenters. The van der Waals surface area contributed by atoms with Crippen LogP contribution in [-0.2, 0) is 0 Å². The van der Waals surface area contributed by atoms with Crippen molar-refractivity contribution < 1.29 is 0 Å². The van der Waals surface area contributed by atoms with E-state index in [1.165, 1.54) is 5.39 Å². The van der Waals surface area contributed by atoms with Gasteiger partial charge in [0.1, 0.15) is 0 Å². The Morgan fingerprint density at radius 3 is 1.56 bits per heavy atom. The number of hydrogen-bond acceptors (Lipinski definition) is 3. The fraction of sp³-hybridized carbons (Fsp3) is 0. The number of para-hydroxylation sites is 2. The molecule has 7 aromatic carbocycles. The molecule has 0 aliphatic heterocycles. The molecule has 50 heavy (non-hydrogen) atoms. The summed E-state index contributed by atoms with van der Waals surface area (Å²) in [6.07, 6.45) is 0. The second-order valence-electron chi connectivity index (χ2n) is 12.5. The molecular formula is C45H29N5. The Morgan fingerprint density at radius 1 is 0.340 bits per heavy atom. The fourth-order valence-corrected chi connectivity index (χ4v) is 7.33. The summed E-state index contributed by atoms with van der Waals surface area (Å²) in [7, 11) is 0. The van der Waals surface area contributed by atoms with Gasteiger partial charge in [0.15, 0.2) is 11.6 Å². The summed E-state index contributed by atoms with van der Waals surface area (Å²) < 4.78 is 4.63. The van der Waals surface area contributed by atoms with Crippen LogP contribution >= 0.6 is 0 Å². The first kappa shape index (κ1) is 28.2. The van der Waals surface area contributed by atoms with Crippen LogP contribution in [0, 0.1) is 0 Å². The van der Waals surface area contributed by atoms with Crippen LogP contribution in [0.4, 0.5) is 0 Å². The molecule has 3 heterocycles. The first-order chi connectivity index (χ1) is 24.8. The van der Waals surface area contributed by atoms with E-state index in [0.29, 0.717) is 17.6 Å². The highest BCUT2D eigenvalue weighted by atomic mass is 15.2. The molecule has 0 unspecified atom stereocenters. The van der Waals surface area contributed by atoms with E-state index >= 15 is 0 Å². The molecule has 0 fully saturated rings. The molecule has 0 bridgehead atoms. The van der Waals surface area contributed by atoms with E-state index in [1.807, 2.05) is 36.4 Å². The molecule has 0 aliphatic rings. The van der Waals surface area contributed by atoms with Gasteiger partial charge >= 0.3 is 0 Å². The van der Waals surface area contributed by atoms with Crippen molar-refractivity contribution in [3.05, 3.63) is 176 Å². The molecule has 234 valence electrons. The normalized spacial score (nSPS) is 11.6. The summed E-state index contributed by atoms with van der Waals surface area (Å²) in [5, 5.41) is 4.61. The average Bonchev–Trinajstić information content (AvgIpc) is 3.71. The van der Waals surface area contributed by atoms with E-state index in [-0.39, 0.29) is 0 Å². The second-order valence-corrected chi connectivity index (χ2v) is 12.5. The van der Waals surface area contributed by atoms with Gasteiger partial charge in [0.2, 0.25) is 5.95 Å². The Morgan fingerprint density at radius 2 is 0.900 bits per heavy atom. The lowest BCUT2D eigenvalue weighted by molar-refractivity contribution is 0.955. The third-order valence-corrected chi connectivity index (χ3v) is 9.57. The molecular weight excluding hydrogens is 611 g/mol. The van der Waals surface area contributed by atoms with Crippen molar-refractivity contribution in [3.63, 3.8) is 0 Å². The minimum absolute atomic E-state index is 0.576. The molecule has 0 aliphatic carbocycles. The zero-order chi connectivity index (χ0) is 33.0. The predicted octanol–water partition coefficient (Wildman–Crippen LogP) is 11.1. The van der Waals surface area contributed by atoms with Crippen LogP contribution in [0.2, 0.25) is 0 Å². The van der Waals surface area contributed by atoms with Gasteiger partial charge in [-0.05, 0) is 41.5 Å². The molecule has 3 aromatic heterocycles. The molecule has 5 heteroatoms. The molecule has 10 aromatic rings. The van der Waals surface area contributed by atoms with Gasteiger partial charge in [0, 0.05) is 38.4 Å². The predicted molar refractivity (Wildman–Crippen MR) is 205 cm³/mol. The summed E-state index contributed by atoms with van der Waals surface area (Å²) in [6.45, 7) is 0. The van der Waals surface area contributed by atoms with Crippen LogP contribution in [0.1, 0.15) is 0 Å². The number of hydrogen-bond donors (Lipinski definition) is 0. The largest absolute Gasteiger partial charge is 0.309 e. The first-order valence-electron chi connectivity index (χ1n) is 16.8. The molecule has 10 rings (SSSR count). The molecule has 5 nitrogen and oxygen atoms in total. The van der Waals surface area contributed by atoms with E-state index in [0.717, 1.165) is 66.2 Å². The van der Waals surface area contributed by atoms with E-state index in [2.05, 4.69) is 149 Å². The van der Waals surface area contributed by atoms with Crippen LogP contribution in [0.25, 0.3) is 89.2 Å². The highest BCUT2D eigenvalue weighted by Gasteiger charge is 2.23. The van der Waals surface area contributed by atoms with Crippen LogP contribution in [0.5, 0.6) is 0 Å². The Hall–Kier alpha value is -6.85. The summed E-state index contributed by atoms with van der Waals surface area (Å²) in [5.74, 6) is 1.83. The molecule has 0 amide bonds. The van der Waals surface area contributed by atoms with Crippen molar-refractivity contribution >= 4 is 43.6 Å². The number of fused-ring (bicyclic) bond motifs is 7. The van der Waals surface area contributed by atoms with Crippen molar-refractivity contribution in [1.82, 2.24) is 24.1 Å². The van der Waals surface area contributed by atoms with Crippen molar-refractivity contribution in [2.45, 2.75) is 0 Å². The van der Waals surface area contributed by atoms with Gasteiger partial charge in [-0.1, -0.05) is 146 Å². The van der Waals surface area contributed by atoms with E-state index in [4.69, 9.17) is 15.0 Å². The minimum Gasteiger partial charge on any atom is -0.309 e. The quantitative estimate of drug-likeness (QED) is 0.188. The van der Waals surface area contributed by atoms with Crippen molar-refractivity contribution in [1.29, 1.82) is 0 Å². The topological polar surface area (TPSA) is 48.5 Å². The smallest absolute Gasteiger partial charge is 0.238 e. The van der Waals surface area contributed by atoms with Crippen molar-refractivity contribution in [2.24, 2.45) is 0 Å². The Kier molecular flexibility index (Phi) is 6.42. The summed E-state index contributed by atoms with van der Waals surface area (Å²) in [4.78, 5) is 15.5. The third kappa shape index (κ3) is 4.45. The van der Waals surface area contributed by atoms with Gasteiger partial charge in [-0.15, -0.1) is 0 Å². The summed E-state index contributed by atoms with van der Waals surface area (Å²) in [6, 6.07) is 61.4.